The van der Waals surface area contributed by atoms with Crippen molar-refractivity contribution in [1.82, 2.24) is 0 Å². The Kier molecular flexibility index (Phi) is 5.43. The molecule has 0 unspecified atom stereocenters. The Morgan fingerprint density at radius 2 is 1.83 bits per heavy atom. The van der Waals surface area contributed by atoms with Gasteiger partial charge in [-0.1, -0.05) is 11.6 Å². The van der Waals surface area contributed by atoms with Gasteiger partial charge in [0.2, 0.25) is 5.91 Å². The maximum Gasteiger partial charge on any atom is 0.417 e. The SMILES string of the molecule is O=C(CSc1ccc(O)cc1)Nc1ccc(Cl)c(C(F)(F)F)c1. The molecule has 0 aliphatic heterocycles. The highest BCUT2D eigenvalue weighted by Gasteiger charge is 2.33. The Morgan fingerprint density at radius 1 is 1.17 bits per heavy atom. The summed E-state index contributed by atoms with van der Waals surface area (Å²) in [5.41, 5.74) is -0.971. The Balaban J connectivity index is 1.99. The molecule has 2 aromatic carbocycles. The summed E-state index contributed by atoms with van der Waals surface area (Å²) in [5.74, 6) is -0.312. The van der Waals surface area contributed by atoms with Crippen molar-refractivity contribution in [3.05, 3.63) is 53.1 Å². The third-order valence-electron chi connectivity index (χ3n) is 2.76. The van der Waals surface area contributed by atoms with E-state index in [0.717, 1.165) is 17.0 Å². The number of aromatic hydroxyl groups is 1. The highest BCUT2D eigenvalue weighted by atomic mass is 35.5. The highest BCUT2D eigenvalue weighted by Crippen LogP contribution is 2.36. The zero-order chi connectivity index (χ0) is 17.0. The van der Waals surface area contributed by atoms with Crippen LogP contribution in [-0.2, 0) is 11.0 Å². The fourth-order valence-electron chi connectivity index (χ4n) is 1.71. The molecule has 0 radical (unpaired) electrons. The maximum atomic E-state index is 12.7. The number of carbonyl (C=O) groups is 1. The molecule has 2 aromatic rings. The van der Waals surface area contributed by atoms with Gasteiger partial charge in [0.1, 0.15) is 5.75 Å². The maximum absolute atomic E-state index is 12.7. The minimum atomic E-state index is -4.58. The smallest absolute Gasteiger partial charge is 0.417 e. The Morgan fingerprint density at radius 3 is 2.43 bits per heavy atom. The first-order valence-corrected chi connectivity index (χ1v) is 7.70. The van der Waals surface area contributed by atoms with Crippen LogP contribution in [-0.4, -0.2) is 16.8 Å². The molecule has 0 fully saturated rings. The molecule has 0 saturated heterocycles. The van der Waals surface area contributed by atoms with Crippen LogP contribution in [0.5, 0.6) is 5.75 Å². The number of phenols is 1. The van der Waals surface area contributed by atoms with Crippen molar-refractivity contribution in [2.24, 2.45) is 0 Å². The van der Waals surface area contributed by atoms with E-state index in [2.05, 4.69) is 5.32 Å². The molecule has 3 nitrogen and oxygen atoms in total. The molecule has 0 aliphatic rings. The third kappa shape index (κ3) is 5.07. The van der Waals surface area contributed by atoms with Gasteiger partial charge in [-0.25, -0.2) is 0 Å². The molecule has 2 rings (SSSR count). The number of amides is 1. The van der Waals surface area contributed by atoms with Crippen LogP contribution in [0.25, 0.3) is 0 Å². The van der Waals surface area contributed by atoms with E-state index in [9.17, 15) is 18.0 Å². The van der Waals surface area contributed by atoms with Gasteiger partial charge in [0.05, 0.1) is 16.3 Å². The summed E-state index contributed by atoms with van der Waals surface area (Å²) >= 11 is 6.71. The predicted molar refractivity (Wildman–Crippen MR) is 83.9 cm³/mol. The zero-order valence-corrected chi connectivity index (χ0v) is 13.1. The summed E-state index contributed by atoms with van der Waals surface area (Å²) in [6.45, 7) is 0. The van der Waals surface area contributed by atoms with E-state index in [1.165, 1.54) is 30.0 Å². The quantitative estimate of drug-likeness (QED) is 0.769. The number of phenolic OH excluding ortho intramolecular Hbond substituents is 1. The van der Waals surface area contributed by atoms with Gasteiger partial charge in [-0.05, 0) is 42.5 Å². The molecule has 0 aromatic heterocycles. The molecule has 1 amide bonds. The van der Waals surface area contributed by atoms with Gasteiger partial charge < -0.3 is 10.4 Å². The van der Waals surface area contributed by atoms with E-state index in [0.29, 0.717) is 0 Å². The normalized spacial score (nSPS) is 11.3. The topological polar surface area (TPSA) is 49.3 Å². The van der Waals surface area contributed by atoms with E-state index in [4.69, 9.17) is 16.7 Å². The molecule has 0 spiro atoms. The molecule has 0 saturated carbocycles. The van der Waals surface area contributed by atoms with Crippen LogP contribution in [0.15, 0.2) is 47.4 Å². The third-order valence-corrected chi connectivity index (χ3v) is 4.10. The monoisotopic (exact) mass is 361 g/mol. The summed E-state index contributed by atoms with van der Waals surface area (Å²) in [6, 6.07) is 9.43. The average Bonchev–Trinajstić information content (AvgIpc) is 2.47. The number of rotatable bonds is 4. The van der Waals surface area contributed by atoms with Gasteiger partial charge in [0.15, 0.2) is 0 Å². The molecule has 0 aliphatic carbocycles. The molecule has 8 heteroatoms. The van der Waals surface area contributed by atoms with E-state index in [-0.39, 0.29) is 17.2 Å². The number of alkyl halides is 3. The van der Waals surface area contributed by atoms with Crippen LogP contribution in [0.1, 0.15) is 5.56 Å². The first-order valence-electron chi connectivity index (χ1n) is 6.34. The lowest BCUT2D eigenvalue weighted by atomic mass is 10.2. The van der Waals surface area contributed by atoms with Crippen molar-refractivity contribution < 1.29 is 23.1 Å². The number of nitrogens with one attached hydrogen (secondary N) is 1. The molecule has 2 N–H and O–H groups in total. The second-order valence-corrected chi connectivity index (χ2v) is 5.98. The van der Waals surface area contributed by atoms with Crippen molar-refractivity contribution in [3.8, 4) is 5.75 Å². The van der Waals surface area contributed by atoms with Crippen molar-refractivity contribution in [2.45, 2.75) is 11.1 Å². The van der Waals surface area contributed by atoms with Crippen LogP contribution >= 0.6 is 23.4 Å². The van der Waals surface area contributed by atoms with Crippen LogP contribution in [0, 0.1) is 0 Å². The van der Waals surface area contributed by atoms with Crippen LogP contribution < -0.4 is 5.32 Å². The summed E-state index contributed by atoms with van der Waals surface area (Å²) in [5, 5.41) is 11.1. The van der Waals surface area contributed by atoms with Crippen molar-refractivity contribution in [3.63, 3.8) is 0 Å². The largest absolute Gasteiger partial charge is 0.508 e. The molecular formula is C15H11ClF3NO2S. The minimum absolute atomic E-state index is 0.0226. The molecular weight excluding hydrogens is 351 g/mol. The second kappa shape index (κ2) is 7.14. The summed E-state index contributed by atoms with van der Waals surface area (Å²) in [7, 11) is 0. The molecule has 0 bridgehead atoms. The zero-order valence-electron chi connectivity index (χ0n) is 11.5. The minimum Gasteiger partial charge on any atom is -0.508 e. The number of benzene rings is 2. The van der Waals surface area contributed by atoms with Crippen LogP contribution in [0.3, 0.4) is 0 Å². The van der Waals surface area contributed by atoms with Crippen molar-refractivity contribution in [1.29, 1.82) is 0 Å². The molecule has 122 valence electrons. The summed E-state index contributed by atoms with van der Waals surface area (Å²) < 4.78 is 38.2. The number of halogens is 4. The van der Waals surface area contributed by atoms with Gasteiger partial charge in [-0.15, -0.1) is 11.8 Å². The Hall–Kier alpha value is -1.86. The highest BCUT2D eigenvalue weighted by molar-refractivity contribution is 8.00. The number of carbonyl (C=O) groups excluding carboxylic acids is 1. The van der Waals surface area contributed by atoms with Crippen LogP contribution in [0.4, 0.5) is 18.9 Å². The van der Waals surface area contributed by atoms with Gasteiger partial charge >= 0.3 is 6.18 Å². The summed E-state index contributed by atoms with van der Waals surface area (Å²) in [4.78, 5) is 12.6. The average molecular weight is 362 g/mol. The molecule has 0 heterocycles. The number of anilines is 1. The first kappa shape index (κ1) is 17.5. The standard InChI is InChI=1S/C15H11ClF3NO2S/c16-13-6-1-9(7-12(13)15(17,18)19)20-14(22)8-23-11-4-2-10(21)3-5-11/h1-7,21H,8H2,(H,20,22). The van der Waals surface area contributed by atoms with Gasteiger partial charge in [-0.2, -0.15) is 13.2 Å². The first-order chi connectivity index (χ1) is 10.8. The van der Waals surface area contributed by atoms with Crippen LogP contribution in [0.2, 0.25) is 5.02 Å². The second-order valence-electron chi connectivity index (χ2n) is 4.52. The van der Waals surface area contributed by atoms with Gasteiger partial charge in [-0.3, -0.25) is 4.79 Å². The lowest BCUT2D eigenvalue weighted by Gasteiger charge is -2.11. The van der Waals surface area contributed by atoms with E-state index in [1.54, 1.807) is 12.1 Å². The number of hydrogen-bond acceptors (Lipinski definition) is 3. The number of hydrogen-bond donors (Lipinski definition) is 2. The Labute approximate surface area is 139 Å². The Bertz CT molecular complexity index is 705. The molecule has 23 heavy (non-hydrogen) atoms. The van der Waals surface area contributed by atoms with E-state index >= 15 is 0 Å². The fraction of sp³-hybridized carbons (Fsp3) is 0.133. The van der Waals surface area contributed by atoms with Crippen molar-refractivity contribution in [2.75, 3.05) is 11.1 Å². The van der Waals surface area contributed by atoms with E-state index in [1.807, 2.05) is 0 Å². The predicted octanol–water partition coefficient (Wildman–Crippen LogP) is 4.80. The summed E-state index contributed by atoms with van der Waals surface area (Å²) in [6.07, 6.45) is -4.58. The number of thioether (sulfide) groups is 1. The van der Waals surface area contributed by atoms with Gasteiger partial charge in [0.25, 0.3) is 0 Å². The molecule has 0 atom stereocenters. The lowest BCUT2D eigenvalue weighted by molar-refractivity contribution is -0.137. The van der Waals surface area contributed by atoms with Gasteiger partial charge in [0, 0.05) is 10.6 Å². The van der Waals surface area contributed by atoms with E-state index < -0.39 is 22.7 Å². The van der Waals surface area contributed by atoms with Crippen molar-refractivity contribution >= 4 is 35.0 Å². The lowest BCUT2D eigenvalue weighted by Crippen LogP contribution is -2.15. The fourth-order valence-corrected chi connectivity index (χ4v) is 2.63.